The van der Waals surface area contributed by atoms with Gasteiger partial charge in [-0.05, 0) is 25.0 Å². The molecule has 1 aromatic rings. The summed E-state index contributed by atoms with van der Waals surface area (Å²) in [6.45, 7) is 1.88. The fourth-order valence-electron chi connectivity index (χ4n) is 1.74. The first-order valence-corrected chi connectivity index (χ1v) is 6.17. The second-order valence-electron chi connectivity index (χ2n) is 3.66. The lowest BCUT2D eigenvalue weighted by Gasteiger charge is -2.21. The van der Waals surface area contributed by atoms with Crippen molar-refractivity contribution in [2.45, 2.75) is 24.3 Å². The molecule has 0 aliphatic carbocycles. The predicted molar refractivity (Wildman–Crippen MR) is 52.8 cm³/mol. The van der Waals surface area contributed by atoms with Crippen LogP contribution in [-0.4, -0.2) is 19.3 Å². The van der Waals surface area contributed by atoms with Gasteiger partial charge in [-0.3, -0.25) is 0 Å². The van der Waals surface area contributed by atoms with Gasteiger partial charge in [-0.25, -0.2) is 8.42 Å². The van der Waals surface area contributed by atoms with Gasteiger partial charge in [0.2, 0.25) is 0 Å². The Kier molecular flexibility index (Phi) is 2.12. The van der Waals surface area contributed by atoms with E-state index in [0.717, 1.165) is 5.56 Å². The molecule has 0 unspecified atom stereocenters. The Balaban J connectivity index is 2.69. The molecule has 4 heteroatoms. The Bertz CT molecular complexity index is 462. The standard InChI is InChI=1S/C10H12O3S/c1-7-2-3-10-8(6-7)9(11)4-5-14(10,12)13/h2-3,6,9,11H,4-5H2,1H3/t9-/m0/s1. The molecule has 0 amide bonds. The molecule has 0 saturated heterocycles. The Morgan fingerprint density at radius 1 is 1.43 bits per heavy atom. The van der Waals surface area contributed by atoms with Gasteiger partial charge in [0.1, 0.15) is 0 Å². The highest BCUT2D eigenvalue weighted by atomic mass is 32.2. The van der Waals surface area contributed by atoms with Gasteiger partial charge < -0.3 is 5.11 Å². The zero-order valence-corrected chi connectivity index (χ0v) is 8.71. The lowest BCUT2D eigenvalue weighted by molar-refractivity contribution is 0.168. The molecule has 1 heterocycles. The Hall–Kier alpha value is -0.870. The van der Waals surface area contributed by atoms with Crippen LogP contribution in [0.5, 0.6) is 0 Å². The molecule has 1 N–H and O–H groups in total. The van der Waals surface area contributed by atoms with Gasteiger partial charge >= 0.3 is 0 Å². The van der Waals surface area contributed by atoms with Crippen LogP contribution in [0.15, 0.2) is 23.1 Å². The van der Waals surface area contributed by atoms with Gasteiger partial charge in [-0.15, -0.1) is 0 Å². The van der Waals surface area contributed by atoms with Crippen molar-refractivity contribution >= 4 is 9.84 Å². The Morgan fingerprint density at radius 3 is 2.86 bits per heavy atom. The van der Waals surface area contributed by atoms with E-state index in [2.05, 4.69) is 0 Å². The van der Waals surface area contributed by atoms with Crippen molar-refractivity contribution in [2.24, 2.45) is 0 Å². The van der Waals surface area contributed by atoms with E-state index in [1.165, 1.54) is 0 Å². The van der Waals surface area contributed by atoms with E-state index in [9.17, 15) is 13.5 Å². The third kappa shape index (κ3) is 1.44. The van der Waals surface area contributed by atoms with Gasteiger partial charge in [0.25, 0.3) is 0 Å². The molecule has 1 aliphatic heterocycles. The quantitative estimate of drug-likeness (QED) is 0.703. The van der Waals surface area contributed by atoms with E-state index >= 15 is 0 Å². The van der Waals surface area contributed by atoms with Crippen molar-refractivity contribution < 1.29 is 13.5 Å². The van der Waals surface area contributed by atoms with Crippen LogP contribution < -0.4 is 0 Å². The van der Waals surface area contributed by atoms with E-state index in [-0.39, 0.29) is 5.75 Å². The summed E-state index contributed by atoms with van der Waals surface area (Å²) < 4.78 is 23.2. The van der Waals surface area contributed by atoms with Crippen LogP contribution in [-0.2, 0) is 9.84 Å². The van der Waals surface area contributed by atoms with Gasteiger partial charge in [0, 0.05) is 0 Å². The summed E-state index contributed by atoms with van der Waals surface area (Å²) in [5.41, 5.74) is 1.52. The fourth-order valence-corrected chi connectivity index (χ4v) is 3.33. The number of hydrogen-bond acceptors (Lipinski definition) is 3. The highest BCUT2D eigenvalue weighted by molar-refractivity contribution is 7.91. The van der Waals surface area contributed by atoms with Crippen LogP contribution in [0.1, 0.15) is 23.7 Å². The molecule has 1 aromatic carbocycles. The minimum atomic E-state index is -3.15. The number of rotatable bonds is 0. The SMILES string of the molecule is Cc1ccc2c(c1)[C@@H](O)CCS2(=O)=O. The lowest BCUT2D eigenvalue weighted by Crippen LogP contribution is -2.19. The Labute approximate surface area is 83.3 Å². The van der Waals surface area contributed by atoms with E-state index in [4.69, 9.17) is 0 Å². The number of sulfone groups is 1. The van der Waals surface area contributed by atoms with Crippen molar-refractivity contribution in [1.82, 2.24) is 0 Å². The maximum absolute atomic E-state index is 11.6. The molecule has 0 aromatic heterocycles. The summed E-state index contributed by atoms with van der Waals surface area (Å²) >= 11 is 0. The highest BCUT2D eigenvalue weighted by Crippen LogP contribution is 2.32. The van der Waals surface area contributed by atoms with Crippen LogP contribution in [0.25, 0.3) is 0 Å². The van der Waals surface area contributed by atoms with Crippen molar-refractivity contribution in [1.29, 1.82) is 0 Å². The molecule has 0 spiro atoms. The predicted octanol–water partition coefficient (Wildman–Crippen LogP) is 1.21. The van der Waals surface area contributed by atoms with Crippen molar-refractivity contribution in [3.05, 3.63) is 29.3 Å². The van der Waals surface area contributed by atoms with Crippen molar-refractivity contribution in [3.8, 4) is 0 Å². The van der Waals surface area contributed by atoms with Crippen LogP contribution in [0.4, 0.5) is 0 Å². The van der Waals surface area contributed by atoms with Crippen LogP contribution >= 0.6 is 0 Å². The molecule has 3 nitrogen and oxygen atoms in total. The number of fused-ring (bicyclic) bond motifs is 1. The molecule has 0 bridgehead atoms. The maximum Gasteiger partial charge on any atom is 0.178 e. The van der Waals surface area contributed by atoms with Crippen molar-refractivity contribution in [2.75, 3.05) is 5.75 Å². The number of aryl methyl sites for hydroxylation is 1. The monoisotopic (exact) mass is 212 g/mol. The smallest absolute Gasteiger partial charge is 0.178 e. The summed E-state index contributed by atoms with van der Waals surface area (Å²) in [4.78, 5) is 0.293. The van der Waals surface area contributed by atoms with E-state index in [1.807, 2.05) is 6.92 Å². The summed E-state index contributed by atoms with van der Waals surface area (Å²) in [6, 6.07) is 5.09. The van der Waals surface area contributed by atoms with E-state index < -0.39 is 15.9 Å². The first kappa shape index (κ1) is 9.68. The molecule has 1 atom stereocenters. The molecular formula is C10H12O3S. The molecule has 14 heavy (non-hydrogen) atoms. The largest absolute Gasteiger partial charge is 0.388 e. The summed E-state index contributed by atoms with van der Waals surface area (Å²) in [7, 11) is -3.15. The van der Waals surface area contributed by atoms with Crippen LogP contribution in [0.3, 0.4) is 0 Å². The maximum atomic E-state index is 11.6. The molecule has 0 radical (unpaired) electrons. The van der Waals surface area contributed by atoms with E-state index in [1.54, 1.807) is 18.2 Å². The van der Waals surface area contributed by atoms with Gasteiger partial charge in [-0.2, -0.15) is 0 Å². The van der Waals surface area contributed by atoms with E-state index in [0.29, 0.717) is 16.9 Å². The number of aliphatic hydroxyl groups excluding tert-OH is 1. The molecule has 1 aliphatic rings. The molecular weight excluding hydrogens is 200 g/mol. The fraction of sp³-hybridized carbons (Fsp3) is 0.400. The number of aliphatic hydroxyl groups is 1. The molecule has 2 rings (SSSR count). The number of benzene rings is 1. The minimum Gasteiger partial charge on any atom is -0.388 e. The summed E-state index contributed by atoms with van der Waals surface area (Å²) in [5.74, 6) is 0.0459. The normalized spacial score (nSPS) is 24.3. The van der Waals surface area contributed by atoms with Crippen molar-refractivity contribution in [3.63, 3.8) is 0 Å². The zero-order valence-electron chi connectivity index (χ0n) is 7.90. The second kappa shape index (κ2) is 3.07. The van der Waals surface area contributed by atoms with Gasteiger partial charge in [0.15, 0.2) is 9.84 Å². The summed E-state index contributed by atoms with van der Waals surface area (Å²) in [6.07, 6.45) is -0.327. The van der Waals surface area contributed by atoms with Crippen LogP contribution in [0.2, 0.25) is 0 Å². The Morgan fingerprint density at radius 2 is 2.14 bits per heavy atom. The van der Waals surface area contributed by atoms with Crippen LogP contribution in [0, 0.1) is 6.92 Å². The average molecular weight is 212 g/mol. The molecule has 0 fully saturated rings. The highest BCUT2D eigenvalue weighted by Gasteiger charge is 2.28. The molecule has 76 valence electrons. The molecule has 0 saturated carbocycles. The number of hydrogen-bond donors (Lipinski definition) is 1. The minimum absolute atomic E-state index is 0.0459. The summed E-state index contributed by atoms with van der Waals surface area (Å²) in [5, 5.41) is 9.65. The van der Waals surface area contributed by atoms with Gasteiger partial charge in [-0.1, -0.05) is 17.7 Å². The first-order valence-electron chi connectivity index (χ1n) is 4.52. The lowest BCUT2D eigenvalue weighted by atomic mass is 10.0. The van der Waals surface area contributed by atoms with Gasteiger partial charge in [0.05, 0.1) is 16.8 Å². The second-order valence-corrected chi connectivity index (χ2v) is 5.74. The zero-order chi connectivity index (χ0) is 10.3. The third-order valence-corrected chi connectivity index (χ3v) is 4.33. The topological polar surface area (TPSA) is 54.4 Å². The average Bonchev–Trinajstić information content (AvgIpc) is 2.12. The third-order valence-electron chi connectivity index (χ3n) is 2.52. The first-order chi connectivity index (χ1) is 6.50.